The molecule has 0 aliphatic heterocycles. The van der Waals surface area contributed by atoms with Gasteiger partial charge in [0.25, 0.3) is 0 Å². The molecule has 0 amide bonds. The van der Waals surface area contributed by atoms with Gasteiger partial charge in [-0.3, -0.25) is 0 Å². The number of aromatic nitrogens is 4. The van der Waals surface area contributed by atoms with Crippen LogP contribution in [0.3, 0.4) is 0 Å². The van der Waals surface area contributed by atoms with Crippen LogP contribution in [-0.2, 0) is 4.74 Å². The monoisotopic (exact) mass is 291 g/mol. The van der Waals surface area contributed by atoms with Crippen LogP contribution in [0.25, 0.3) is 11.4 Å². The van der Waals surface area contributed by atoms with E-state index in [-0.39, 0.29) is 18.0 Å². The number of nitrogen functional groups attached to an aromatic ring is 1. The molecule has 7 heteroatoms. The molecule has 0 saturated heterocycles. The third-order valence-corrected chi connectivity index (χ3v) is 4.05. The molecule has 112 valence electrons. The Kier molecular flexibility index (Phi) is 3.59. The molecular weight excluding hydrogens is 273 g/mol. The summed E-state index contributed by atoms with van der Waals surface area (Å²) in [7, 11) is 1.68. The van der Waals surface area contributed by atoms with E-state index in [1.807, 2.05) is 0 Å². The smallest absolute Gasteiger partial charge is 0.185 e. The third kappa shape index (κ3) is 2.37. The summed E-state index contributed by atoms with van der Waals surface area (Å²) in [5, 5.41) is 11.7. The summed E-state index contributed by atoms with van der Waals surface area (Å²) in [5.41, 5.74) is 7.13. The van der Waals surface area contributed by atoms with Crippen molar-refractivity contribution in [2.45, 2.75) is 38.3 Å². The van der Waals surface area contributed by atoms with Gasteiger partial charge in [-0.1, -0.05) is 0 Å². The number of anilines is 1. The van der Waals surface area contributed by atoms with Crippen LogP contribution in [0.15, 0.2) is 12.1 Å². The number of benzene rings is 1. The van der Waals surface area contributed by atoms with Crippen LogP contribution in [-0.4, -0.2) is 33.4 Å². The van der Waals surface area contributed by atoms with Gasteiger partial charge in [-0.2, -0.15) is 0 Å². The Labute approximate surface area is 122 Å². The fourth-order valence-corrected chi connectivity index (χ4v) is 3.02. The number of halogens is 1. The molecule has 1 fully saturated rings. The number of nitrogens with zero attached hydrogens (tertiary/aromatic N) is 4. The number of nitrogens with two attached hydrogens (primary N) is 1. The van der Waals surface area contributed by atoms with Crippen LogP contribution in [0.4, 0.5) is 10.1 Å². The Bertz CT molecular complexity index is 657. The molecular formula is C14H18FN5O. The van der Waals surface area contributed by atoms with Gasteiger partial charge in [0.2, 0.25) is 0 Å². The third-order valence-electron chi connectivity index (χ3n) is 4.05. The van der Waals surface area contributed by atoms with E-state index in [1.54, 1.807) is 30.8 Å². The summed E-state index contributed by atoms with van der Waals surface area (Å²) >= 11 is 0. The molecule has 21 heavy (non-hydrogen) atoms. The van der Waals surface area contributed by atoms with E-state index in [1.165, 1.54) is 0 Å². The highest BCUT2D eigenvalue weighted by Gasteiger charge is 2.32. The minimum Gasteiger partial charge on any atom is -0.399 e. The van der Waals surface area contributed by atoms with E-state index in [9.17, 15) is 4.39 Å². The van der Waals surface area contributed by atoms with Crippen molar-refractivity contribution in [1.82, 2.24) is 20.2 Å². The number of aryl methyl sites for hydroxylation is 1. The highest BCUT2D eigenvalue weighted by atomic mass is 19.1. The van der Waals surface area contributed by atoms with E-state index in [0.717, 1.165) is 19.3 Å². The molecule has 1 heterocycles. The van der Waals surface area contributed by atoms with Crippen molar-refractivity contribution in [1.29, 1.82) is 0 Å². The van der Waals surface area contributed by atoms with Crippen molar-refractivity contribution >= 4 is 5.69 Å². The molecule has 2 N–H and O–H groups in total. The number of ether oxygens (including phenoxy) is 1. The Morgan fingerprint density at radius 1 is 1.38 bits per heavy atom. The van der Waals surface area contributed by atoms with Gasteiger partial charge in [-0.25, -0.2) is 9.07 Å². The minimum atomic E-state index is -0.341. The highest BCUT2D eigenvalue weighted by Crippen LogP contribution is 2.35. The zero-order chi connectivity index (χ0) is 15.0. The summed E-state index contributed by atoms with van der Waals surface area (Å²) in [6.45, 7) is 1.68. The molecule has 1 aliphatic carbocycles. The second-order valence-electron chi connectivity index (χ2n) is 5.42. The van der Waals surface area contributed by atoms with Crippen LogP contribution in [0.5, 0.6) is 0 Å². The first-order chi connectivity index (χ1) is 10.1. The molecule has 1 aliphatic rings. The lowest BCUT2D eigenvalue weighted by molar-refractivity contribution is 0.0707. The summed E-state index contributed by atoms with van der Waals surface area (Å²) in [6, 6.07) is 3.20. The van der Waals surface area contributed by atoms with Crippen molar-refractivity contribution in [2.75, 3.05) is 12.8 Å². The Balaban J connectivity index is 2.07. The van der Waals surface area contributed by atoms with Crippen molar-refractivity contribution in [3.63, 3.8) is 0 Å². The van der Waals surface area contributed by atoms with Crippen LogP contribution in [0.1, 0.15) is 30.9 Å². The van der Waals surface area contributed by atoms with Gasteiger partial charge in [0.05, 0.1) is 17.7 Å². The molecule has 0 bridgehead atoms. The predicted molar refractivity (Wildman–Crippen MR) is 76.0 cm³/mol. The van der Waals surface area contributed by atoms with E-state index in [2.05, 4.69) is 15.5 Å². The zero-order valence-corrected chi connectivity index (χ0v) is 12.1. The maximum atomic E-state index is 14.4. The summed E-state index contributed by atoms with van der Waals surface area (Å²) < 4.78 is 21.5. The largest absolute Gasteiger partial charge is 0.399 e. The van der Waals surface area contributed by atoms with Gasteiger partial charge in [0, 0.05) is 12.8 Å². The van der Waals surface area contributed by atoms with E-state index >= 15 is 0 Å². The van der Waals surface area contributed by atoms with Gasteiger partial charge >= 0.3 is 0 Å². The second-order valence-corrected chi connectivity index (χ2v) is 5.42. The molecule has 1 aromatic carbocycles. The molecule has 1 aromatic heterocycles. The molecule has 3 rings (SSSR count). The van der Waals surface area contributed by atoms with Gasteiger partial charge < -0.3 is 10.5 Å². The van der Waals surface area contributed by atoms with Crippen molar-refractivity contribution in [3.8, 4) is 11.4 Å². The lowest BCUT2D eigenvalue weighted by atomic mass is 10.1. The molecule has 2 atom stereocenters. The normalized spacial score (nSPS) is 21.9. The first-order valence-corrected chi connectivity index (χ1v) is 6.98. The standard InChI is InChI=1S/C14H18FN5O/c1-8-6-9(16)7-10(13(8)15)14-17-18-19-20(14)11-4-3-5-12(11)21-2/h6-7,11-12H,3-5,16H2,1-2H3. The molecule has 6 nitrogen and oxygen atoms in total. The number of hydrogen-bond donors (Lipinski definition) is 1. The molecule has 1 saturated carbocycles. The fourth-order valence-electron chi connectivity index (χ4n) is 3.02. The van der Waals surface area contributed by atoms with Crippen LogP contribution < -0.4 is 5.73 Å². The van der Waals surface area contributed by atoms with Crippen molar-refractivity contribution in [3.05, 3.63) is 23.5 Å². The number of methoxy groups -OCH3 is 1. The lowest BCUT2D eigenvalue weighted by Crippen LogP contribution is -2.22. The minimum absolute atomic E-state index is 0.0288. The predicted octanol–water partition coefficient (Wildman–Crippen LogP) is 2.11. The summed E-state index contributed by atoms with van der Waals surface area (Å²) in [6.07, 6.45) is 2.97. The average Bonchev–Trinajstić information content (AvgIpc) is 3.10. The Morgan fingerprint density at radius 3 is 2.95 bits per heavy atom. The second kappa shape index (κ2) is 5.40. The first kappa shape index (κ1) is 13.9. The fraction of sp³-hybridized carbons (Fsp3) is 0.500. The Hall–Kier alpha value is -2.02. The molecule has 0 radical (unpaired) electrons. The van der Waals surface area contributed by atoms with E-state index < -0.39 is 0 Å². The van der Waals surface area contributed by atoms with Crippen LogP contribution in [0, 0.1) is 12.7 Å². The van der Waals surface area contributed by atoms with Gasteiger partial charge in [0.1, 0.15) is 5.82 Å². The topological polar surface area (TPSA) is 78.8 Å². The quantitative estimate of drug-likeness (QED) is 0.876. The van der Waals surface area contributed by atoms with Gasteiger partial charge in [0.15, 0.2) is 5.82 Å². The van der Waals surface area contributed by atoms with Crippen molar-refractivity contribution in [2.24, 2.45) is 0 Å². The molecule has 2 unspecified atom stereocenters. The zero-order valence-electron chi connectivity index (χ0n) is 12.1. The SMILES string of the molecule is COC1CCCC1n1nnnc1-c1cc(N)cc(C)c1F. The first-order valence-electron chi connectivity index (χ1n) is 6.98. The number of tetrazole rings is 1. The maximum absolute atomic E-state index is 14.4. The maximum Gasteiger partial charge on any atom is 0.185 e. The van der Waals surface area contributed by atoms with Crippen LogP contribution >= 0.6 is 0 Å². The van der Waals surface area contributed by atoms with E-state index in [4.69, 9.17) is 10.5 Å². The molecule has 2 aromatic rings. The van der Waals surface area contributed by atoms with Gasteiger partial charge in [-0.05, 0) is 54.3 Å². The Morgan fingerprint density at radius 2 is 2.19 bits per heavy atom. The van der Waals surface area contributed by atoms with E-state index in [0.29, 0.717) is 22.6 Å². The lowest BCUT2D eigenvalue weighted by Gasteiger charge is -2.19. The highest BCUT2D eigenvalue weighted by molar-refractivity contribution is 5.63. The summed E-state index contributed by atoms with van der Waals surface area (Å²) in [5.74, 6) is 0.0593. The summed E-state index contributed by atoms with van der Waals surface area (Å²) in [4.78, 5) is 0. The number of hydrogen-bond acceptors (Lipinski definition) is 5. The molecule has 0 spiro atoms. The average molecular weight is 291 g/mol. The van der Waals surface area contributed by atoms with Crippen LogP contribution in [0.2, 0.25) is 0 Å². The van der Waals surface area contributed by atoms with Gasteiger partial charge in [-0.15, -0.1) is 5.10 Å². The van der Waals surface area contributed by atoms with Crippen molar-refractivity contribution < 1.29 is 9.13 Å². The number of rotatable bonds is 3.